The highest BCUT2D eigenvalue weighted by Gasteiger charge is 2.49. The first-order valence-electron chi connectivity index (χ1n) is 10.7. The Hall–Kier alpha value is -2.11. The fourth-order valence-electron chi connectivity index (χ4n) is 6.06. The van der Waals surface area contributed by atoms with Crippen LogP contribution in [0.15, 0.2) is 24.3 Å². The minimum absolute atomic E-state index is 0.128. The van der Waals surface area contributed by atoms with Crippen LogP contribution in [-0.4, -0.2) is 53.5 Å². The Morgan fingerprint density at radius 2 is 1.82 bits per heavy atom. The van der Waals surface area contributed by atoms with E-state index in [1.807, 2.05) is 17.0 Å². The molecule has 2 bridgehead atoms. The molecular weight excluding hydrogens is 357 g/mol. The maximum Gasteiger partial charge on any atom is 0.320 e. The van der Waals surface area contributed by atoms with E-state index in [0.717, 1.165) is 58.0 Å². The van der Waals surface area contributed by atoms with E-state index in [0.29, 0.717) is 12.5 Å². The van der Waals surface area contributed by atoms with Crippen molar-refractivity contribution >= 4 is 11.9 Å². The summed E-state index contributed by atoms with van der Waals surface area (Å²) in [5.41, 5.74) is 0.823. The standard InChI is InChI=1S/C22H28FN3O2/c23-17-4-2-15(3-5-17)16-12-18-6-7-19(13-16)26(18)21(28)25-11-1-8-22(14-25)9-10-24-20(22)27/h2-5,16,18-19H,1,6-14H2,(H,24,27). The Bertz CT molecular complexity index is 768. The number of likely N-dealkylation sites (tertiary alicyclic amines) is 1. The van der Waals surface area contributed by atoms with E-state index in [1.54, 1.807) is 0 Å². The zero-order chi connectivity index (χ0) is 19.3. The van der Waals surface area contributed by atoms with Gasteiger partial charge < -0.3 is 15.1 Å². The second-order valence-electron chi connectivity index (χ2n) is 9.11. The Morgan fingerprint density at radius 1 is 1.11 bits per heavy atom. The maximum atomic E-state index is 13.4. The number of urea groups is 1. The van der Waals surface area contributed by atoms with Gasteiger partial charge in [0, 0.05) is 31.7 Å². The van der Waals surface area contributed by atoms with Gasteiger partial charge in [0.1, 0.15) is 5.82 Å². The molecule has 3 atom stereocenters. The smallest absolute Gasteiger partial charge is 0.320 e. The summed E-state index contributed by atoms with van der Waals surface area (Å²) >= 11 is 0. The van der Waals surface area contributed by atoms with Gasteiger partial charge in [0.15, 0.2) is 0 Å². The van der Waals surface area contributed by atoms with Crippen molar-refractivity contribution < 1.29 is 14.0 Å². The molecule has 4 aliphatic rings. The molecule has 0 aliphatic carbocycles. The molecule has 5 rings (SSSR count). The second-order valence-corrected chi connectivity index (χ2v) is 9.11. The number of amides is 3. The number of piperidine rings is 2. The second kappa shape index (κ2) is 6.75. The minimum Gasteiger partial charge on any atom is -0.356 e. The van der Waals surface area contributed by atoms with Crippen molar-refractivity contribution in [1.82, 2.24) is 15.1 Å². The Labute approximate surface area is 165 Å². The number of benzene rings is 1. The average molecular weight is 385 g/mol. The molecule has 1 N–H and O–H groups in total. The lowest BCUT2D eigenvalue weighted by Crippen LogP contribution is -2.56. The Balaban J connectivity index is 1.30. The van der Waals surface area contributed by atoms with E-state index in [9.17, 15) is 14.0 Å². The number of nitrogens with one attached hydrogen (secondary N) is 1. The van der Waals surface area contributed by atoms with Crippen LogP contribution < -0.4 is 5.32 Å². The molecule has 1 aromatic carbocycles. The largest absolute Gasteiger partial charge is 0.356 e. The molecule has 4 heterocycles. The SMILES string of the molecule is O=C(N1CCCC2(CCNC2=O)C1)N1C2CCC1CC(c1ccc(F)cc1)C2. The Morgan fingerprint density at radius 3 is 2.46 bits per heavy atom. The molecule has 1 spiro atoms. The molecule has 0 saturated carbocycles. The predicted molar refractivity (Wildman–Crippen MR) is 103 cm³/mol. The van der Waals surface area contributed by atoms with E-state index in [2.05, 4.69) is 10.2 Å². The average Bonchev–Trinajstić information content (AvgIpc) is 3.17. The summed E-state index contributed by atoms with van der Waals surface area (Å²) in [6, 6.07) is 7.51. The van der Waals surface area contributed by atoms with Crippen LogP contribution in [0.5, 0.6) is 0 Å². The van der Waals surface area contributed by atoms with E-state index >= 15 is 0 Å². The number of carbonyl (C=O) groups is 2. The van der Waals surface area contributed by atoms with Crippen molar-refractivity contribution in [2.75, 3.05) is 19.6 Å². The summed E-state index contributed by atoms with van der Waals surface area (Å²) in [7, 11) is 0. The molecule has 28 heavy (non-hydrogen) atoms. The van der Waals surface area contributed by atoms with Crippen molar-refractivity contribution in [3.63, 3.8) is 0 Å². The van der Waals surface area contributed by atoms with Gasteiger partial charge >= 0.3 is 6.03 Å². The van der Waals surface area contributed by atoms with E-state index < -0.39 is 0 Å². The highest BCUT2D eigenvalue weighted by molar-refractivity contribution is 5.86. The van der Waals surface area contributed by atoms with Gasteiger partial charge in [-0.05, 0) is 68.6 Å². The lowest BCUT2D eigenvalue weighted by molar-refractivity contribution is -0.129. The summed E-state index contributed by atoms with van der Waals surface area (Å²) in [4.78, 5) is 29.8. The summed E-state index contributed by atoms with van der Waals surface area (Å²) in [5, 5.41) is 2.96. The van der Waals surface area contributed by atoms with Gasteiger partial charge in [-0.1, -0.05) is 12.1 Å². The fraction of sp³-hybridized carbons (Fsp3) is 0.636. The zero-order valence-corrected chi connectivity index (χ0v) is 16.2. The normalized spacial score (nSPS) is 34.8. The van der Waals surface area contributed by atoms with Crippen molar-refractivity contribution in [2.45, 2.75) is 62.9 Å². The predicted octanol–water partition coefficient (Wildman–Crippen LogP) is 3.26. The first-order valence-corrected chi connectivity index (χ1v) is 10.7. The van der Waals surface area contributed by atoms with E-state index in [1.165, 1.54) is 17.7 Å². The van der Waals surface area contributed by atoms with Crippen LogP contribution in [-0.2, 0) is 4.79 Å². The van der Waals surface area contributed by atoms with Crippen LogP contribution in [0.25, 0.3) is 0 Å². The highest BCUT2D eigenvalue weighted by Crippen LogP contribution is 2.44. The quantitative estimate of drug-likeness (QED) is 0.807. The van der Waals surface area contributed by atoms with E-state index in [4.69, 9.17) is 0 Å². The third kappa shape index (κ3) is 2.88. The van der Waals surface area contributed by atoms with Crippen LogP contribution in [0.1, 0.15) is 56.4 Å². The molecule has 0 aromatic heterocycles. The van der Waals surface area contributed by atoms with Crippen LogP contribution >= 0.6 is 0 Å². The van der Waals surface area contributed by atoms with Crippen molar-refractivity contribution in [2.24, 2.45) is 5.41 Å². The third-order valence-electron chi connectivity index (χ3n) is 7.51. The summed E-state index contributed by atoms with van der Waals surface area (Å²) in [6.45, 7) is 2.05. The van der Waals surface area contributed by atoms with Gasteiger partial charge in [0.05, 0.1) is 5.41 Å². The lowest BCUT2D eigenvalue weighted by atomic mass is 9.78. The third-order valence-corrected chi connectivity index (χ3v) is 7.51. The Kier molecular flexibility index (Phi) is 4.33. The number of fused-ring (bicyclic) bond motifs is 2. The number of rotatable bonds is 1. The lowest BCUT2D eigenvalue weighted by Gasteiger charge is -2.45. The van der Waals surface area contributed by atoms with E-state index in [-0.39, 0.29) is 35.3 Å². The number of hydrogen-bond donors (Lipinski definition) is 1. The molecular formula is C22H28FN3O2. The molecule has 3 amide bonds. The molecule has 1 aromatic rings. The number of nitrogens with zero attached hydrogens (tertiary/aromatic N) is 2. The number of carbonyl (C=O) groups excluding carboxylic acids is 2. The minimum atomic E-state index is -0.362. The molecule has 4 aliphatic heterocycles. The first-order chi connectivity index (χ1) is 13.6. The van der Waals surface area contributed by atoms with Crippen molar-refractivity contribution in [1.29, 1.82) is 0 Å². The van der Waals surface area contributed by atoms with Crippen LogP contribution in [0.2, 0.25) is 0 Å². The van der Waals surface area contributed by atoms with Gasteiger partial charge in [0.2, 0.25) is 5.91 Å². The maximum absolute atomic E-state index is 13.4. The van der Waals surface area contributed by atoms with Crippen molar-refractivity contribution in [3.8, 4) is 0 Å². The number of halogens is 1. The van der Waals surface area contributed by atoms with Crippen LogP contribution in [0, 0.1) is 11.2 Å². The van der Waals surface area contributed by atoms with Gasteiger partial charge in [-0.25, -0.2) is 9.18 Å². The molecule has 3 unspecified atom stereocenters. The topological polar surface area (TPSA) is 52.7 Å². The number of hydrogen-bond acceptors (Lipinski definition) is 2. The molecule has 150 valence electrons. The molecule has 6 heteroatoms. The zero-order valence-electron chi connectivity index (χ0n) is 16.2. The van der Waals surface area contributed by atoms with Crippen LogP contribution in [0.3, 0.4) is 0 Å². The van der Waals surface area contributed by atoms with Gasteiger partial charge in [-0.3, -0.25) is 4.79 Å². The van der Waals surface area contributed by atoms with Crippen molar-refractivity contribution in [3.05, 3.63) is 35.6 Å². The van der Waals surface area contributed by atoms with Gasteiger partial charge in [0.25, 0.3) is 0 Å². The van der Waals surface area contributed by atoms with Crippen LogP contribution in [0.4, 0.5) is 9.18 Å². The molecule has 5 nitrogen and oxygen atoms in total. The summed E-state index contributed by atoms with van der Waals surface area (Å²) in [6.07, 6.45) is 6.64. The fourth-order valence-corrected chi connectivity index (χ4v) is 6.06. The van der Waals surface area contributed by atoms with Gasteiger partial charge in [-0.2, -0.15) is 0 Å². The molecule has 4 saturated heterocycles. The van der Waals surface area contributed by atoms with Gasteiger partial charge in [-0.15, -0.1) is 0 Å². The summed E-state index contributed by atoms with van der Waals surface area (Å²) in [5.74, 6) is 0.327. The molecule has 0 radical (unpaired) electrons. The molecule has 4 fully saturated rings. The first kappa shape index (κ1) is 18.0. The summed E-state index contributed by atoms with van der Waals surface area (Å²) < 4.78 is 13.3. The highest BCUT2D eigenvalue weighted by atomic mass is 19.1. The monoisotopic (exact) mass is 385 g/mol.